The van der Waals surface area contributed by atoms with Crippen molar-refractivity contribution in [2.75, 3.05) is 9.80 Å². The van der Waals surface area contributed by atoms with E-state index in [9.17, 15) is 0 Å². The monoisotopic (exact) mass is 796 g/mol. The molecule has 3 aliphatic carbocycles. The first-order chi connectivity index (χ1) is 29.7. The van der Waals surface area contributed by atoms with Crippen molar-refractivity contribution in [3.8, 4) is 0 Å². The van der Waals surface area contributed by atoms with Gasteiger partial charge in [0, 0.05) is 28.1 Å². The van der Waals surface area contributed by atoms with Crippen LogP contribution in [0.2, 0.25) is 0 Å². The van der Waals surface area contributed by atoms with E-state index in [-0.39, 0.29) is 6.04 Å². The van der Waals surface area contributed by atoms with Crippen molar-refractivity contribution in [1.29, 1.82) is 0 Å². The predicted molar refractivity (Wildman–Crippen MR) is 258 cm³/mol. The number of nitrogens with zero attached hydrogens (tertiary/aromatic N) is 2. The summed E-state index contributed by atoms with van der Waals surface area (Å²) in [5.41, 5.74) is 13.1. The zero-order valence-electron chi connectivity index (χ0n) is 35.7. The molecule has 0 aromatic heterocycles. The maximum atomic E-state index is 6.88. The van der Waals surface area contributed by atoms with E-state index in [2.05, 4.69) is 220 Å². The Morgan fingerprint density at radius 3 is 2.10 bits per heavy atom. The maximum Gasteiger partial charge on any atom is 0.494 e. The summed E-state index contributed by atoms with van der Waals surface area (Å²) < 4.78 is 13.8. The summed E-state index contributed by atoms with van der Waals surface area (Å²) in [5.74, 6) is 0. The van der Waals surface area contributed by atoms with Crippen molar-refractivity contribution < 1.29 is 9.31 Å². The minimum absolute atomic E-state index is 0.0466. The molecule has 10 rings (SSSR count). The molecule has 0 amide bonds. The van der Waals surface area contributed by atoms with E-state index in [0.717, 1.165) is 66.0 Å². The first-order valence-corrected chi connectivity index (χ1v) is 22.0. The van der Waals surface area contributed by atoms with E-state index in [1.165, 1.54) is 44.2 Å². The second-order valence-corrected chi connectivity index (χ2v) is 17.7. The number of hydrogen-bond acceptors (Lipinski definition) is 4. The van der Waals surface area contributed by atoms with Gasteiger partial charge in [-0.05, 0) is 153 Å². The molecular formula is C56H53BN2O2. The highest BCUT2D eigenvalue weighted by Gasteiger charge is 2.52. The molecule has 1 heterocycles. The van der Waals surface area contributed by atoms with Gasteiger partial charge in [-0.2, -0.15) is 0 Å². The molecule has 1 saturated heterocycles. The van der Waals surface area contributed by atoms with Crippen LogP contribution in [0.15, 0.2) is 176 Å². The van der Waals surface area contributed by atoms with Crippen LogP contribution in [0, 0.1) is 0 Å². The van der Waals surface area contributed by atoms with Crippen molar-refractivity contribution >= 4 is 69.0 Å². The largest absolute Gasteiger partial charge is 0.494 e. The van der Waals surface area contributed by atoms with Crippen molar-refractivity contribution in [3.63, 3.8) is 0 Å². The first-order valence-electron chi connectivity index (χ1n) is 22.0. The van der Waals surface area contributed by atoms with Crippen molar-refractivity contribution in [3.05, 3.63) is 198 Å². The SMILES string of the molecule is CC1(C)OB(c2cc(N(c3ccc(C4=CC=CCC4)cc3)c3cccc4ccccc34)cc(N(c3ccc(C4=CCCC=C4)cc3)C3CC=Cc4ccccc43)c2)OC1(C)C. The molecule has 0 N–H and O–H groups in total. The summed E-state index contributed by atoms with van der Waals surface area (Å²) in [5, 5.41) is 2.37. The average molecular weight is 797 g/mol. The van der Waals surface area contributed by atoms with E-state index < -0.39 is 18.3 Å². The molecule has 0 spiro atoms. The molecule has 1 fully saturated rings. The highest BCUT2D eigenvalue weighted by Crippen LogP contribution is 2.46. The Morgan fingerprint density at radius 2 is 1.33 bits per heavy atom. The number of fused-ring (bicyclic) bond motifs is 2. The molecule has 6 aromatic carbocycles. The van der Waals surface area contributed by atoms with Crippen molar-refractivity contribution in [1.82, 2.24) is 0 Å². The molecule has 0 bridgehead atoms. The van der Waals surface area contributed by atoms with Crippen LogP contribution in [0.5, 0.6) is 0 Å². The standard InChI is InChI=1S/C56H53BN2O2/c1-55(2)56(3,4)61-57(60-55)46-37-49(58(53-27-15-23-44-21-11-13-25-51(44)53)47-33-29-42(30-34-47)40-17-7-5-8-18-40)39-50(38-46)59(54-28-16-24-45-22-12-14-26-52(45)54)48-35-31-43(32-36-48)41-19-9-6-10-20-41/h5,7,9,11-17,19-27,29-39,54H,6,8,10,18,28H2,1-4H3. The molecule has 4 aliphatic rings. The lowest BCUT2D eigenvalue weighted by atomic mass is 9.78. The Balaban J connectivity index is 1.20. The second-order valence-electron chi connectivity index (χ2n) is 17.7. The molecule has 302 valence electrons. The van der Waals surface area contributed by atoms with E-state index in [1.807, 2.05) is 0 Å². The minimum Gasteiger partial charge on any atom is -0.399 e. The summed E-state index contributed by atoms with van der Waals surface area (Å²) in [6.07, 6.45) is 23.3. The van der Waals surface area contributed by atoms with Crippen LogP contribution in [0.4, 0.5) is 28.4 Å². The van der Waals surface area contributed by atoms with Crippen molar-refractivity contribution in [2.24, 2.45) is 0 Å². The van der Waals surface area contributed by atoms with Crippen LogP contribution in [0.1, 0.15) is 88.1 Å². The smallest absolute Gasteiger partial charge is 0.399 e. The normalized spacial score (nSPS) is 18.8. The third-order valence-corrected chi connectivity index (χ3v) is 13.3. The van der Waals surface area contributed by atoms with Gasteiger partial charge in [0.15, 0.2) is 0 Å². The molecule has 1 aliphatic heterocycles. The molecular weight excluding hydrogens is 743 g/mol. The maximum absolute atomic E-state index is 6.88. The number of benzene rings is 6. The number of hydrogen-bond donors (Lipinski definition) is 0. The fourth-order valence-electron chi connectivity index (χ4n) is 9.31. The average Bonchev–Trinajstić information content (AvgIpc) is 3.53. The van der Waals surface area contributed by atoms with Gasteiger partial charge >= 0.3 is 7.12 Å². The van der Waals surface area contributed by atoms with Gasteiger partial charge in [-0.3, -0.25) is 0 Å². The van der Waals surface area contributed by atoms with Crippen LogP contribution in [0.25, 0.3) is 28.0 Å². The molecule has 6 aromatic rings. The zero-order chi connectivity index (χ0) is 41.6. The van der Waals surface area contributed by atoms with Gasteiger partial charge in [0.2, 0.25) is 0 Å². The Hall–Kier alpha value is -6.14. The summed E-state index contributed by atoms with van der Waals surface area (Å²) in [6.45, 7) is 8.54. The Morgan fingerprint density at radius 1 is 0.607 bits per heavy atom. The van der Waals surface area contributed by atoms with Gasteiger partial charge in [-0.1, -0.05) is 134 Å². The van der Waals surface area contributed by atoms with Gasteiger partial charge in [0.1, 0.15) is 0 Å². The summed E-state index contributed by atoms with van der Waals surface area (Å²) >= 11 is 0. The number of allylic oxidation sites excluding steroid dienone is 8. The van der Waals surface area contributed by atoms with Crippen LogP contribution in [-0.4, -0.2) is 18.3 Å². The fourth-order valence-corrected chi connectivity index (χ4v) is 9.31. The fraction of sp³-hybridized carbons (Fsp3) is 0.214. The molecule has 0 saturated carbocycles. The highest BCUT2D eigenvalue weighted by molar-refractivity contribution is 6.62. The third kappa shape index (κ3) is 7.51. The van der Waals surface area contributed by atoms with E-state index in [1.54, 1.807) is 0 Å². The molecule has 1 atom stereocenters. The van der Waals surface area contributed by atoms with Gasteiger partial charge in [0.25, 0.3) is 0 Å². The van der Waals surface area contributed by atoms with Crippen molar-refractivity contribution in [2.45, 2.75) is 77.0 Å². The van der Waals surface area contributed by atoms with Crippen LogP contribution < -0.4 is 15.3 Å². The highest BCUT2D eigenvalue weighted by atomic mass is 16.7. The Kier molecular flexibility index (Phi) is 10.3. The molecule has 5 heteroatoms. The van der Waals surface area contributed by atoms with E-state index in [4.69, 9.17) is 9.31 Å². The molecule has 0 radical (unpaired) electrons. The van der Waals surface area contributed by atoms with E-state index >= 15 is 0 Å². The minimum atomic E-state index is -0.570. The quantitative estimate of drug-likeness (QED) is 0.136. The number of anilines is 5. The Labute approximate surface area is 362 Å². The second kappa shape index (κ2) is 16.0. The topological polar surface area (TPSA) is 24.9 Å². The van der Waals surface area contributed by atoms with Crippen LogP contribution in [0.3, 0.4) is 0 Å². The van der Waals surface area contributed by atoms with Gasteiger partial charge in [-0.15, -0.1) is 0 Å². The zero-order valence-corrected chi connectivity index (χ0v) is 35.7. The van der Waals surface area contributed by atoms with Gasteiger partial charge in [-0.25, -0.2) is 0 Å². The molecule has 4 nitrogen and oxygen atoms in total. The molecule has 61 heavy (non-hydrogen) atoms. The molecule has 1 unspecified atom stereocenters. The number of rotatable bonds is 9. The predicted octanol–water partition coefficient (Wildman–Crippen LogP) is 14.4. The summed E-state index contributed by atoms with van der Waals surface area (Å²) in [7, 11) is -0.570. The van der Waals surface area contributed by atoms with Gasteiger partial charge < -0.3 is 19.1 Å². The first kappa shape index (κ1) is 39.0. The van der Waals surface area contributed by atoms with Crippen LogP contribution >= 0.6 is 0 Å². The van der Waals surface area contributed by atoms with E-state index in [0.29, 0.717) is 0 Å². The lowest BCUT2D eigenvalue weighted by Gasteiger charge is -2.37. The van der Waals surface area contributed by atoms with Gasteiger partial charge in [0.05, 0.1) is 22.9 Å². The summed E-state index contributed by atoms with van der Waals surface area (Å²) in [4.78, 5) is 4.97. The summed E-state index contributed by atoms with van der Waals surface area (Å²) in [6, 6.07) is 49.5. The Bertz CT molecular complexity index is 2730. The lowest BCUT2D eigenvalue weighted by Crippen LogP contribution is -2.41. The lowest BCUT2D eigenvalue weighted by molar-refractivity contribution is 0.00578. The van der Waals surface area contributed by atoms with Crippen LogP contribution in [-0.2, 0) is 9.31 Å². The third-order valence-electron chi connectivity index (χ3n) is 13.3.